The van der Waals surface area contributed by atoms with E-state index < -0.39 is 5.91 Å². The molecule has 0 saturated heterocycles. The molecule has 0 bridgehead atoms. The lowest BCUT2D eigenvalue weighted by Crippen LogP contribution is -2.16. The largest absolute Gasteiger partial charge is 0.490 e. The highest BCUT2D eigenvalue weighted by molar-refractivity contribution is 5.92. The van der Waals surface area contributed by atoms with Gasteiger partial charge in [0.1, 0.15) is 12.4 Å². The summed E-state index contributed by atoms with van der Waals surface area (Å²) >= 11 is 0. The number of nitrogens with one attached hydrogen (secondary N) is 1. The minimum Gasteiger partial charge on any atom is -0.490 e. The number of nitrogens with zero attached hydrogens (tertiary/aromatic N) is 1. The molecule has 6 nitrogen and oxygen atoms in total. The standard InChI is InChI=1S/C22H22N2O4/c1-3-26-21-13-18(14-23-24-22(25)20-11-9-16(2)28-20)10-12-19(21)27-15-17-7-5-4-6-8-17/h4-14H,3,15H2,1-2H3,(H,24,25)/b23-14-. The molecule has 0 aliphatic carbocycles. The Morgan fingerprint density at radius 2 is 1.89 bits per heavy atom. The molecule has 0 atom stereocenters. The lowest BCUT2D eigenvalue weighted by Gasteiger charge is -2.12. The average molecular weight is 378 g/mol. The Labute approximate surface area is 163 Å². The topological polar surface area (TPSA) is 73.1 Å². The van der Waals surface area contributed by atoms with Crippen molar-refractivity contribution in [2.24, 2.45) is 5.10 Å². The molecule has 1 amide bonds. The highest BCUT2D eigenvalue weighted by Crippen LogP contribution is 2.28. The van der Waals surface area contributed by atoms with Crippen LogP contribution in [0.3, 0.4) is 0 Å². The van der Waals surface area contributed by atoms with Gasteiger partial charge in [-0.05, 0) is 55.3 Å². The predicted molar refractivity (Wildman–Crippen MR) is 107 cm³/mol. The molecule has 0 radical (unpaired) electrons. The lowest BCUT2D eigenvalue weighted by atomic mass is 10.2. The smallest absolute Gasteiger partial charge is 0.307 e. The molecule has 144 valence electrons. The number of carbonyl (C=O) groups is 1. The summed E-state index contributed by atoms with van der Waals surface area (Å²) in [6.07, 6.45) is 1.54. The second kappa shape index (κ2) is 9.41. The van der Waals surface area contributed by atoms with Crippen LogP contribution in [0.4, 0.5) is 0 Å². The van der Waals surface area contributed by atoms with Crippen LogP contribution in [0.5, 0.6) is 11.5 Å². The first-order valence-electron chi connectivity index (χ1n) is 8.99. The molecule has 0 aliphatic rings. The first kappa shape index (κ1) is 19.2. The van der Waals surface area contributed by atoms with Crippen LogP contribution in [0.15, 0.2) is 70.2 Å². The second-order valence-electron chi connectivity index (χ2n) is 6.02. The van der Waals surface area contributed by atoms with Gasteiger partial charge in [-0.15, -0.1) is 0 Å². The fourth-order valence-electron chi connectivity index (χ4n) is 2.50. The van der Waals surface area contributed by atoms with Crippen molar-refractivity contribution in [3.63, 3.8) is 0 Å². The number of rotatable bonds is 8. The molecule has 3 aromatic rings. The highest BCUT2D eigenvalue weighted by atomic mass is 16.5. The van der Waals surface area contributed by atoms with Crippen molar-refractivity contribution in [1.82, 2.24) is 5.43 Å². The number of amides is 1. The van der Waals surface area contributed by atoms with Crippen LogP contribution >= 0.6 is 0 Å². The minimum absolute atomic E-state index is 0.217. The van der Waals surface area contributed by atoms with E-state index in [1.54, 1.807) is 19.1 Å². The summed E-state index contributed by atoms with van der Waals surface area (Å²) < 4.78 is 16.8. The molecule has 6 heteroatoms. The molecule has 0 aliphatic heterocycles. The van der Waals surface area contributed by atoms with Gasteiger partial charge in [0.05, 0.1) is 12.8 Å². The van der Waals surface area contributed by atoms with E-state index in [0.717, 1.165) is 11.1 Å². The molecular formula is C22H22N2O4. The third-order valence-electron chi connectivity index (χ3n) is 3.85. The van der Waals surface area contributed by atoms with Crippen LogP contribution in [0.2, 0.25) is 0 Å². The fraction of sp³-hybridized carbons (Fsp3) is 0.182. The Morgan fingerprint density at radius 3 is 2.61 bits per heavy atom. The number of ether oxygens (including phenoxy) is 2. The number of benzene rings is 2. The van der Waals surface area contributed by atoms with Crippen molar-refractivity contribution in [2.45, 2.75) is 20.5 Å². The van der Waals surface area contributed by atoms with Crippen LogP contribution in [0, 0.1) is 6.92 Å². The number of carbonyl (C=O) groups excluding carboxylic acids is 1. The van der Waals surface area contributed by atoms with Gasteiger partial charge >= 0.3 is 5.91 Å². The molecule has 0 spiro atoms. The highest BCUT2D eigenvalue weighted by Gasteiger charge is 2.09. The number of aryl methyl sites for hydroxylation is 1. The molecule has 0 fully saturated rings. The van der Waals surface area contributed by atoms with Crippen LogP contribution in [0.25, 0.3) is 0 Å². The molecule has 3 rings (SSSR count). The van der Waals surface area contributed by atoms with Crippen LogP contribution in [-0.4, -0.2) is 18.7 Å². The van der Waals surface area contributed by atoms with E-state index in [0.29, 0.717) is 30.5 Å². The minimum atomic E-state index is -0.405. The zero-order valence-electron chi connectivity index (χ0n) is 15.8. The Bertz CT molecular complexity index is 948. The number of hydrazone groups is 1. The van der Waals surface area contributed by atoms with E-state index in [1.807, 2.05) is 55.5 Å². The molecule has 1 aromatic heterocycles. The third kappa shape index (κ3) is 5.23. The maximum atomic E-state index is 11.9. The number of hydrogen-bond acceptors (Lipinski definition) is 5. The van der Waals surface area contributed by atoms with Gasteiger partial charge in [-0.2, -0.15) is 5.10 Å². The summed E-state index contributed by atoms with van der Waals surface area (Å²) in [5.74, 6) is 1.75. The van der Waals surface area contributed by atoms with Crippen molar-refractivity contribution < 1.29 is 18.7 Å². The monoisotopic (exact) mass is 378 g/mol. The Balaban J connectivity index is 1.65. The second-order valence-corrected chi connectivity index (χ2v) is 6.02. The van der Waals surface area contributed by atoms with Gasteiger partial charge in [0.15, 0.2) is 17.3 Å². The maximum Gasteiger partial charge on any atom is 0.307 e. The van der Waals surface area contributed by atoms with Crippen molar-refractivity contribution in [3.8, 4) is 11.5 Å². The van der Waals surface area contributed by atoms with Gasteiger partial charge < -0.3 is 13.9 Å². The van der Waals surface area contributed by atoms with Crippen molar-refractivity contribution >= 4 is 12.1 Å². The first-order valence-corrected chi connectivity index (χ1v) is 8.99. The van der Waals surface area contributed by atoms with E-state index in [2.05, 4.69) is 10.5 Å². The normalized spacial score (nSPS) is 10.8. The quantitative estimate of drug-likeness (QED) is 0.468. The Kier molecular flexibility index (Phi) is 6.46. The molecule has 0 saturated carbocycles. The SMILES string of the molecule is CCOc1cc(/C=N\NC(=O)c2ccc(C)o2)ccc1OCc1ccccc1. The van der Waals surface area contributed by atoms with Gasteiger partial charge in [0, 0.05) is 0 Å². The zero-order chi connectivity index (χ0) is 19.8. The fourth-order valence-corrected chi connectivity index (χ4v) is 2.50. The number of furan rings is 1. The Morgan fingerprint density at radius 1 is 1.07 bits per heavy atom. The molecule has 28 heavy (non-hydrogen) atoms. The van der Waals surface area contributed by atoms with Gasteiger partial charge in [-0.3, -0.25) is 4.79 Å². The van der Waals surface area contributed by atoms with Crippen molar-refractivity contribution in [1.29, 1.82) is 0 Å². The van der Waals surface area contributed by atoms with E-state index in [-0.39, 0.29) is 5.76 Å². The Hall–Kier alpha value is -3.54. The molecule has 1 heterocycles. The van der Waals surface area contributed by atoms with Gasteiger partial charge in [0.2, 0.25) is 0 Å². The van der Waals surface area contributed by atoms with E-state index in [9.17, 15) is 4.79 Å². The summed E-state index contributed by atoms with van der Waals surface area (Å²) in [5, 5.41) is 3.97. The van der Waals surface area contributed by atoms with E-state index in [4.69, 9.17) is 13.9 Å². The van der Waals surface area contributed by atoms with E-state index in [1.165, 1.54) is 6.21 Å². The average Bonchev–Trinajstić information content (AvgIpc) is 3.15. The summed E-state index contributed by atoms with van der Waals surface area (Å²) in [4.78, 5) is 11.9. The van der Waals surface area contributed by atoms with Gasteiger partial charge in [0.25, 0.3) is 0 Å². The maximum absolute atomic E-state index is 11.9. The third-order valence-corrected chi connectivity index (χ3v) is 3.85. The predicted octanol–water partition coefficient (Wildman–Crippen LogP) is 4.33. The van der Waals surface area contributed by atoms with Gasteiger partial charge in [-0.25, -0.2) is 5.43 Å². The van der Waals surface area contributed by atoms with Crippen LogP contribution in [-0.2, 0) is 6.61 Å². The zero-order valence-corrected chi connectivity index (χ0v) is 15.8. The molecule has 1 N–H and O–H groups in total. The van der Waals surface area contributed by atoms with Crippen molar-refractivity contribution in [2.75, 3.05) is 6.61 Å². The number of hydrogen-bond donors (Lipinski definition) is 1. The molecule has 0 unspecified atom stereocenters. The van der Waals surface area contributed by atoms with E-state index >= 15 is 0 Å². The van der Waals surface area contributed by atoms with Gasteiger partial charge in [-0.1, -0.05) is 30.3 Å². The summed E-state index contributed by atoms with van der Waals surface area (Å²) in [5.41, 5.74) is 4.28. The van der Waals surface area contributed by atoms with Crippen LogP contribution in [0.1, 0.15) is 34.4 Å². The molecule has 2 aromatic carbocycles. The first-order chi connectivity index (χ1) is 13.7. The van der Waals surface area contributed by atoms with Crippen molar-refractivity contribution in [3.05, 3.63) is 83.3 Å². The molecular weight excluding hydrogens is 356 g/mol. The lowest BCUT2D eigenvalue weighted by molar-refractivity contribution is 0.0926. The summed E-state index contributed by atoms with van der Waals surface area (Å²) in [7, 11) is 0. The summed E-state index contributed by atoms with van der Waals surface area (Å²) in [6, 6.07) is 18.7. The summed E-state index contributed by atoms with van der Waals surface area (Å²) in [6.45, 7) is 4.65. The van der Waals surface area contributed by atoms with Crippen LogP contribution < -0.4 is 14.9 Å².